The van der Waals surface area contributed by atoms with Crippen LogP contribution in [-0.2, 0) is 0 Å². The van der Waals surface area contributed by atoms with Gasteiger partial charge in [-0.25, -0.2) is 9.67 Å². The average molecular weight is 413 g/mol. The van der Waals surface area contributed by atoms with Crippen LogP contribution < -0.4 is 5.56 Å². The molecule has 0 aliphatic carbocycles. The summed E-state index contributed by atoms with van der Waals surface area (Å²) in [6, 6.07) is 24.8. The number of aromatic nitrogens is 4. The summed E-state index contributed by atoms with van der Waals surface area (Å²) < 4.78 is 3.30. The summed E-state index contributed by atoms with van der Waals surface area (Å²) in [5.41, 5.74) is 3.76. The molecule has 5 nitrogen and oxygen atoms in total. The van der Waals surface area contributed by atoms with Gasteiger partial charge in [0.1, 0.15) is 11.2 Å². The number of benzene rings is 3. The van der Waals surface area contributed by atoms with Crippen LogP contribution in [0.5, 0.6) is 0 Å². The van der Waals surface area contributed by atoms with Gasteiger partial charge in [-0.3, -0.25) is 9.36 Å². The number of nitrogens with zero attached hydrogens (tertiary/aromatic N) is 4. The lowest BCUT2D eigenvalue weighted by Crippen LogP contribution is -2.21. The second kappa shape index (κ2) is 7.28. The molecule has 5 aromatic rings. The Hall–Kier alpha value is -3.70. The summed E-state index contributed by atoms with van der Waals surface area (Å²) in [7, 11) is 0. The van der Waals surface area contributed by atoms with Crippen LogP contribution in [0.2, 0.25) is 5.02 Å². The molecule has 5 rings (SSSR count). The average Bonchev–Trinajstić information content (AvgIpc) is 3.21. The molecular formula is C24H17ClN4O. The predicted octanol–water partition coefficient (Wildman–Crippen LogP) is 5.20. The Labute approximate surface area is 177 Å². The van der Waals surface area contributed by atoms with Gasteiger partial charge in [-0.1, -0.05) is 59.6 Å². The lowest BCUT2D eigenvalue weighted by atomic mass is 10.1. The molecule has 0 aliphatic heterocycles. The highest BCUT2D eigenvalue weighted by Gasteiger charge is 2.17. The van der Waals surface area contributed by atoms with Crippen molar-refractivity contribution in [2.24, 2.45) is 0 Å². The van der Waals surface area contributed by atoms with Crippen molar-refractivity contribution in [2.75, 3.05) is 0 Å². The van der Waals surface area contributed by atoms with E-state index >= 15 is 0 Å². The Morgan fingerprint density at radius 1 is 0.833 bits per heavy atom. The molecule has 0 spiro atoms. The predicted molar refractivity (Wildman–Crippen MR) is 120 cm³/mol. The number of rotatable bonds is 3. The second-order valence-electron chi connectivity index (χ2n) is 7.06. The Morgan fingerprint density at radius 2 is 1.53 bits per heavy atom. The van der Waals surface area contributed by atoms with Crippen molar-refractivity contribution in [3.05, 3.63) is 106 Å². The summed E-state index contributed by atoms with van der Waals surface area (Å²) in [6.45, 7) is 2.02. The standard InChI is InChI=1S/C24H17ClN4O/c1-16-7-9-17(10-8-16)23-26-22-21(15-28(27-22)19-5-3-2-4-6-19)24(30)29(23)20-13-11-18(25)12-14-20/h2-15H,1H3. The Bertz CT molecular complexity index is 1400. The van der Waals surface area contributed by atoms with E-state index in [4.69, 9.17) is 16.6 Å². The molecule has 3 aromatic carbocycles. The molecule has 0 aliphatic rings. The van der Waals surface area contributed by atoms with Crippen molar-refractivity contribution in [1.29, 1.82) is 0 Å². The number of para-hydroxylation sites is 1. The first-order valence-electron chi connectivity index (χ1n) is 9.51. The first kappa shape index (κ1) is 18.3. The highest BCUT2D eigenvalue weighted by Crippen LogP contribution is 2.23. The van der Waals surface area contributed by atoms with Gasteiger partial charge in [-0.15, -0.1) is 5.10 Å². The quantitative estimate of drug-likeness (QED) is 0.409. The van der Waals surface area contributed by atoms with Gasteiger partial charge in [-0.05, 0) is 43.3 Å². The van der Waals surface area contributed by atoms with Gasteiger partial charge >= 0.3 is 0 Å². The van der Waals surface area contributed by atoms with Crippen molar-refractivity contribution in [2.45, 2.75) is 6.92 Å². The fraction of sp³-hybridized carbons (Fsp3) is 0.0417. The van der Waals surface area contributed by atoms with E-state index in [0.717, 1.165) is 16.8 Å². The fourth-order valence-corrected chi connectivity index (χ4v) is 3.53. The lowest BCUT2D eigenvalue weighted by molar-refractivity contribution is 0.888. The van der Waals surface area contributed by atoms with Gasteiger partial charge in [0.15, 0.2) is 5.65 Å². The van der Waals surface area contributed by atoms with Gasteiger partial charge in [0.05, 0.1) is 11.4 Å². The molecule has 2 aromatic heterocycles. The summed E-state index contributed by atoms with van der Waals surface area (Å²) in [6.07, 6.45) is 1.73. The van der Waals surface area contributed by atoms with Gasteiger partial charge in [-0.2, -0.15) is 0 Å². The van der Waals surface area contributed by atoms with Crippen molar-refractivity contribution in [3.8, 4) is 22.8 Å². The van der Waals surface area contributed by atoms with Gasteiger partial charge in [0, 0.05) is 16.8 Å². The van der Waals surface area contributed by atoms with Gasteiger partial charge in [0.2, 0.25) is 0 Å². The van der Waals surface area contributed by atoms with Crippen LogP contribution in [-0.4, -0.2) is 19.3 Å². The molecule has 0 radical (unpaired) electrons. The number of fused-ring (bicyclic) bond motifs is 1. The Kier molecular flexibility index (Phi) is 4.45. The molecule has 0 fully saturated rings. The third kappa shape index (κ3) is 3.19. The van der Waals surface area contributed by atoms with Crippen LogP contribution in [0.3, 0.4) is 0 Å². The zero-order valence-corrected chi connectivity index (χ0v) is 16.9. The largest absolute Gasteiger partial charge is 0.269 e. The zero-order valence-electron chi connectivity index (χ0n) is 16.2. The lowest BCUT2D eigenvalue weighted by Gasteiger charge is -2.12. The van der Waals surface area contributed by atoms with E-state index in [9.17, 15) is 4.79 Å². The summed E-state index contributed by atoms with van der Waals surface area (Å²) in [5, 5.41) is 5.62. The van der Waals surface area contributed by atoms with Gasteiger partial charge in [0.25, 0.3) is 5.56 Å². The minimum atomic E-state index is -0.180. The first-order valence-corrected chi connectivity index (χ1v) is 9.89. The minimum Gasteiger partial charge on any atom is -0.268 e. The van der Waals surface area contributed by atoms with Crippen molar-refractivity contribution < 1.29 is 0 Å². The van der Waals surface area contributed by atoms with E-state index in [-0.39, 0.29) is 5.56 Å². The van der Waals surface area contributed by atoms with Crippen LogP contribution in [0.4, 0.5) is 0 Å². The number of hydrogen-bond acceptors (Lipinski definition) is 3. The molecule has 6 heteroatoms. The zero-order chi connectivity index (χ0) is 20.7. The monoisotopic (exact) mass is 412 g/mol. The van der Waals surface area contributed by atoms with E-state index < -0.39 is 0 Å². The number of aryl methyl sites for hydroxylation is 1. The topological polar surface area (TPSA) is 52.7 Å². The Balaban J connectivity index is 1.81. The number of halogens is 1. The van der Waals surface area contributed by atoms with E-state index in [1.807, 2.05) is 73.7 Å². The van der Waals surface area contributed by atoms with E-state index in [0.29, 0.717) is 27.6 Å². The highest BCUT2D eigenvalue weighted by molar-refractivity contribution is 6.30. The summed E-state index contributed by atoms with van der Waals surface area (Å²) in [5.74, 6) is 0.535. The van der Waals surface area contributed by atoms with E-state index in [1.165, 1.54) is 0 Å². The minimum absolute atomic E-state index is 0.180. The maximum Gasteiger partial charge on any atom is 0.269 e. The molecule has 0 saturated carbocycles. The summed E-state index contributed by atoms with van der Waals surface area (Å²) >= 11 is 6.06. The molecule has 0 atom stereocenters. The second-order valence-corrected chi connectivity index (χ2v) is 7.50. The van der Waals surface area contributed by atoms with Crippen LogP contribution in [0.15, 0.2) is 89.9 Å². The van der Waals surface area contributed by atoms with Crippen LogP contribution >= 0.6 is 11.6 Å². The summed E-state index contributed by atoms with van der Waals surface area (Å²) in [4.78, 5) is 18.3. The molecule has 30 heavy (non-hydrogen) atoms. The first-order chi connectivity index (χ1) is 14.6. The molecule has 0 unspecified atom stereocenters. The molecule has 2 heterocycles. The maximum atomic E-state index is 13.6. The Morgan fingerprint density at radius 3 is 2.23 bits per heavy atom. The smallest absolute Gasteiger partial charge is 0.268 e. The highest BCUT2D eigenvalue weighted by atomic mass is 35.5. The molecule has 0 bridgehead atoms. The van der Waals surface area contributed by atoms with Crippen LogP contribution in [0.25, 0.3) is 33.8 Å². The molecule has 0 N–H and O–H groups in total. The van der Waals surface area contributed by atoms with Crippen molar-refractivity contribution in [3.63, 3.8) is 0 Å². The van der Waals surface area contributed by atoms with Crippen LogP contribution in [0.1, 0.15) is 5.56 Å². The third-order valence-electron chi connectivity index (χ3n) is 4.97. The normalized spacial score (nSPS) is 11.1. The van der Waals surface area contributed by atoms with Gasteiger partial charge < -0.3 is 0 Å². The molecular weight excluding hydrogens is 396 g/mol. The fourth-order valence-electron chi connectivity index (χ4n) is 3.40. The van der Waals surface area contributed by atoms with E-state index in [1.54, 1.807) is 27.6 Å². The van der Waals surface area contributed by atoms with Crippen molar-refractivity contribution in [1.82, 2.24) is 19.3 Å². The number of hydrogen-bond donors (Lipinski definition) is 0. The maximum absolute atomic E-state index is 13.6. The molecule has 0 amide bonds. The van der Waals surface area contributed by atoms with E-state index in [2.05, 4.69) is 5.10 Å². The van der Waals surface area contributed by atoms with Crippen molar-refractivity contribution >= 4 is 22.6 Å². The SMILES string of the molecule is Cc1ccc(-c2nc3nn(-c4ccccc4)cc3c(=O)n2-c2ccc(Cl)cc2)cc1. The van der Waals surface area contributed by atoms with Crippen LogP contribution in [0, 0.1) is 6.92 Å². The third-order valence-corrected chi connectivity index (χ3v) is 5.22. The molecule has 0 saturated heterocycles. The molecule has 146 valence electrons.